The van der Waals surface area contributed by atoms with Gasteiger partial charge in [-0.2, -0.15) is 0 Å². The first-order valence-corrected chi connectivity index (χ1v) is 10.8. The Bertz CT molecular complexity index is 1340. The van der Waals surface area contributed by atoms with E-state index in [1.807, 2.05) is 25.1 Å². The number of amides is 1. The van der Waals surface area contributed by atoms with Crippen LogP contribution in [-0.4, -0.2) is 45.5 Å². The molecule has 0 fully saturated rings. The monoisotopic (exact) mass is 433 g/mol. The van der Waals surface area contributed by atoms with Crippen LogP contribution >= 0.6 is 0 Å². The average molecular weight is 434 g/mol. The van der Waals surface area contributed by atoms with Crippen molar-refractivity contribution in [3.05, 3.63) is 79.8 Å². The van der Waals surface area contributed by atoms with Crippen molar-refractivity contribution in [3.8, 4) is 0 Å². The lowest BCUT2D eigenvalue weighted by molar-refractivity contribution is 0.0958. The zero-order valence-corrected chi connectivity index (χ0v) is 18.6. The lowest BCUT2D eigenvalue weighted by atomic mass is 9.97. The zero-order valence-electron chi connectivity index (χ0n) is 18.6. The number of hydrogen-bond acceptors (Lipinski definition) is 5. The summed E-state index contributed by atoms with van der Waals surface area (Å²) < 4.78 is 1.21. The third-order valence-electron chi connectivity index (χ3n) is 5.95. The van der Waals surface area contributed by atoms with E-state index < -0.39 is 0 Å². The molecule has 1 amide bonds. The number of nitrogens with one attached hydrogen (secondary N) is 2. The molecule has 32 heavy (non-hydrogen) atoms. The van der Waals surface area contributed by atoms with E-state index in [1.165, 1.54) is 10.1 Å². The third kappa shape index (κ3) is 4.13. The van der Waals surface area contributed by atoms with Crippen molar-refractivity contribution < 1.29 is 4.79 Å². The van der Waals surface area contributed by atoms with Crippen LogP contribution in [0, 0.1) is 6.92 Å². The SMILES string of the molecule is CCn1c(=O)[nH]c2cc(CN3CC=C(c4ccc(C(=O)NC)nc4C)CC3)ccc2c1=O. The molecule has 8 heteroatoms. The van der Waals surface area contributed by atoms with Gasteiger partial charge in [0.25, 0.3) is 11.5 Å². The van der Waals surface area contributed by atoms with Gasteiger partial charge in [0.05, 0.1) is 10.9 Å². The highest BCUT2D eigenvalue weighted by atomic mass is 16.2. The summed E-state index contributed by atoms with van der Waals surface area (Å²) in [4.78, 5) is 45.9. The molecule has 2 aromatic heterocycles. The summed E-state index contributed by atoms with van der Waals surface area (Å²) in [5, 5.41) is 3.13. The molecular weight excluding hydrogens is 406 g/mol. The van der Waals surface area contributed by atoms with E-state index in [1.54, 1.807) is 26.1 Å². The van der Waals surface area contributed by atoms with Gasteiger partial charge in [-0.1, -0.05) is 18.2 Å². The Kier molecular flexibility index (Phi) is 6.05. The Morgan fingerprint density at radius 3 is 2.69 bits per heavy atom. The molecule has 0 saturated heterocycles. The van der Waals surface area contributed by atoms with Crippen molar-refractivity contribution in [2.75, 3.05) is 20.1 Å². The predicted octanol–water partition coefficient (Wildman–Crippen LogP) is 2.06. The van der Waals surface area contributed by atoms with Gasteiger partial charge in [-0.3, -0.25) is 19.1 Å². The molecule has 1 aliphatic rings. The average Bonchev–Trinajstić information content (AvgIpc) is 2.79. The number of rotatable bonds is 5. The molecule has 0 radical (unpaired) electrons. The largest absolute Gasteiger partial charge is 0.354 e. The molecular formula is C24H27N5O3. The van der Waals surface area contributed by atoms with Gasteiger partial charge in [0, 0.05) is 38.9 Å². The minimum absolute atomic E-state index is 0.186. The van der Waals surface area contributed by atoms with Crippen LogP contribution in [0.1, 0.15) is 40.7 Å². The number of nitrogens with zero attached hydrogens (tertiary/aromatic N) is 3. The predicted molar refractivity (Wildman–Crippen MR) is 125 cm³/mol. The number of H-pyrrole nitrogens is 1. The number of pyridine rings is 1. The molecule has 166 valence electrons. The van der Waals surface area contributed by atoms with E-state index in [4.69, 9.17) is 0 Å². The summed E-state index contributed by atoms with van der Waals surface area (Å²) in [5.41, 5.74) is 4.58. The van der Waals surface area contributed by atoms with Crippen LogP contribution in [0.5, 0.6) is 0 Å². The quantitative estimate of drug-likeness (QED) is 0.642. The van der Waals surface area contributed by atoms with Crippen LogP contribution in [0.25, 0.3) is 16.5 Å². The number of aryl methyl sites for hydroxylation is 1. The minimum atomic E-state index is -0.376. The van der Waals surface area contributed by atoms with Crippen molar-refractivity contribution in [2.45, 2.75) is 33.4 Å². The molecule has 1 aromatic carbocycles. The van der Waals surface area contributed by atoms with Crippen LogP contribution in [0.2, 0.25) is 0 Å². The molecule has 8 nitrogen and oxygen atoms in total. The van der Waals surface area contributed by atoms with Gasteiger partial charge in [0.2, 0.25) is 0 Å². The van der Waals surface area contributed by atoms with Gasteiger partial charge in [-0.05, 0) is 55.2 Å². The molecule has 0 spiro atoms. The fourth-order valence-corrected chi connectivity index (χ4v) is 4.20. The summed E-state index contributed by atoms with van der Waals surface area (Å²) in [6.45, 7) is 6.45. The molecule has 0 saturated carbocycles. The van der Waals surface area contributed by atoms with Gasteiger partial charge in [0.15, 0.2) is 0 Å². The van der Waals surface area contributed by atoms with Crippen molar-refractivity contribution in [1.29, 1.82) is 0 Å². The lowest BCUT2D eigenvalue weighted by Gasteiger charge is -2.27. The van der Waals surface area contributed by atoms with Gasteiger partial charge in [-0.15, -0.1) is 0 Å². The minimum Gasteiger partial charge on any atom is -0.354 e. The van der Waals surface area contributed by atoms with Crippen molar-refractivity contribution in [2.24, 2.45) is 0 Å². The molecule has 1 aliphatic heterocycles. The zero-order chi connectivity index (χ0) is 22.8. The van der Waals surface area contributed by atoms with E-state index in [-0.39, 0.29) is 17.2 Å². The molecule has 0 bridgehead atoms. The fraction of sp³-hybridized carbons (Fsp3) is 0.333. The number of aromatic amines is 1. The summed E-state index contributed by atoms with van der Waals surface area (Å²) in [5.74, 6) is -0.186. The number of carbonyl (C=O) groups excluding carboxylic acids is 1. The highest BCUT2D eigenvalue weighted by molar-refractivity contribution is 5.92. The molecule has 0 atom stereocenters. The summed E-state index contributed by atoms with van der Waals surface area (Å²) in [6, 6.07) is 9.37. The maximum Gasteiger partial charge on any atom is 0.328 e. The summed E-state index contributed by atoms with van der Waals surface area (Å²) in [6.07, 6.45) is 3.09. The van der Waals surface area contributed by atoms with Gasteiger partial charge in [0.1, 0.15) is 5.69 Å². The first kappa shape index (κ1) is 21.7. The van der Waals surface area contributed by atoms with Gasteiger partial charge < -0.3 is 10.3 Å². The Balaban J connectivity index is 1.50. The van der Waals surface area contributed by atoms with Crippen molar-refractivity contribution >= 4 is 22.4 Å². The highest BCUT2D eigenvalue weighted by Crippen LogP contribution is 2.25. The highest BCUT2D eigenvalue weighted by Gasteiger charge is 2.17. The van der Waals surface area contributed by atoms with Gasteiger partial charge in [-0.25, -0.2) is 9.78 Å². The number of aromatic nitrogens is 3. The Morgan fingerprint density at radius 1 is 1.22 bits per heavy atom. The van der Waals surface area contributed by atoms with Crippen molar-refractivity contribution in [1.82, 2.24) is 24.8 Å². The summed E-state index contributed by atoms with van der Waals surface area (Å²) in [7, 11) is 1.60. The Labute approximate surface area is 185 Å². The first-order chi connectivity index (χ1) is 15.4. The number of fused-ring (bicyclic) bond motifs is 1. The third-order valence-corrected chi connectivity index (χ3v) is 5.95. The smallest absolute Gasteiger partial charge is 0.328 e. The summed E-state index contributed by atoms with van der Waals surface area (Å²) >= 11 is 0. The maximum atomic E-state index is 12.5. The molecule has 0 aliphatic carbocycles. The number of hydrogen-bond donors (Lipinski definition) is 2. The molecule has 3 aromatic rings. The normalized spacial score (nSPS) is 14.4. The fourth-order valence-electron chi connectivity index (χ4n) is 4.20. The second-order valence-electron chi connectivity index (χ2n) is 7.98. The first-order valence-electron chi connectivity index (χ1n) is 10.8. The molecule has 2 N–H and O–H groups in total. The second kappa shape index (κ2) is 8.92. The van der Waals surface area contributed by atoms with Crippen LogP contribution in [-0.2, 0) is 13.1 Å². The van der Waals surface area contributed by atoms with E-state index in [9.17, 15) is 14.4 Å². The Morgan fingerprint density at radius 2 is 2.03 bits per heavy atom. The van der Waals surface area contributed by atoms with E-state index in [0.29, 0.717) is 23.1 Å². The maximum absolute atomic E-state index is 12.5. The van der Waals surface area contributed by atoms with Crippen molar-refractivity contribution in [3.63, 3.8) is 0 Å². The Hall–Kier alpha value is -3.52. The van der Waals surface area contributed by atoms with E-state index in [0.717, 1.165) is 42.9 Å². The van der Waals surface area contributed by atoms with Gasteiger partial charge >= 0.3 is 5.69 Å². The standard InChI is InChI=1S/C24H27N5O3/c1-4-29-23(31)19-6-5-16(13-21(19)27-24(29)32)14-28-11-9-17(10-12-28)18-7-8-20(22(30)25-3)26-15(18)2/h5-9,13H,4,10-12,14H2,1-3H3,(H,25,30)(H,27,32). The van der Waals surface area contributed by atoms with E-state index in [2.05, 4.69) is 26.3 Å². The lowest BCUT2D eigenvalue weighted by Crippen LogP contribution is -2.34. The van der Waals surface area contributed by atoms with E-state index >= 15 is 0 Å². The number of benzene rings is 1. The molecule has 3 heterocycles. The van der Waals surface area contributed by atoms with Crippen LogP contribution < -0.4 is 16.6 Å². The second-order valence-corrected chi connectivity index (χ2v) is 7.98. The van der Waals surface area contributed by atoms with Crippen LogP contribution in [0.4, 0.5) is 0 Å². The number of carbonyl (C=O) groups is 1. The molecule has 0 unspecified atom stereocenters. The topological polar surface area (TPSA) is 100 Å². The van der Waals surface area contributed by atoms with Crippen LogP contribution in [0.15, 0.2) is 46.0 Å². The molecule has 4 rings (SSSR count). The van der Waals surface area contributed by atoms with Crippen LogP contribution in [0.3, 0.4) is 0 Å².